The van der Waals surface area contributed by atoms with Crippen molar-refractivity contribution in [3.05, 3.63) is 36.2 Å². The number of carbonyl (C=O) groups is 2. The second-order valence-electron chi connectivity index (χ2n) is 7.77. The van der Waals surface area contributed by atoms with Crippen molar-refractivity contribution in [2.75, 3.05) is 35.2 Å². The van der Waals surface area contributed by atoms with Crippen molar-refractivity contribution in [2.45, 2.75) is 37.9 Å². The number of carbonyl (C=O) groups excluding carboxylic acids is 2. The molecule has 2 fully saturated rings. The molecule has 2 saturated heterocycles. The number of anilines is 4. The SMILES string of the molecule is NC(=O)c1cnc(Nc2ccc(N3CCCCC3=O)cn2)cc1N[C@H]1CCNC[C@H]1F. The van der Waals surface area contributed by atoms with Crippen LogP contribution in [-0.2, 0) is 4.79 Å². The number of aromatic nitrogens is 2. The average molecular weight is 427 g/mol. The number of hydrogen-bond donors (Lipinski definition) is 4. The summed E-state index contributed by atoms with van der Waals surface area (Å²) in [5, 5.41) is 9.18. The molecule has 10 heteroatoms. The van der Waals surface area contributed by atoms with Gasteiger partial charge in [-0.1, -0.05) is 0 Å². The Morgan fingerprint density at radius 1 is 1.23 bits per heavy atom. The fraction of sp³-hybridized carbons (Fsp3) is 0.429. The Morgan fingerprint density at radius 3 is 2.77 bits per heavy atom. The van der Waals surface area contributed by atoms with Crippen LogP contribution in [0.5, 0.6) is 0 Å². The third-order valence-electron chi connectivity index (χ3n) is 5.56. The number of piperidine rings is 2. The Bertz CT molecular complexity index is 953. The highest BCUT2D eigenvalue weighted by atomic mass is 19.1. The summed E-state index contributed by atoms with van der Waals surface area (Å²) in [6.45, 7) is 1.65. The minimum Gasteiger partial charge on any atom is -0.378 e. The average Bonchev–Trinajstić information content (AvgIpc) is 2.76. The summed E-state index contributed by atoms with van der Waals surface area (Å²) in [5.41, 5.74) is 6.85. The van der Waals surface area contributed by atoms with Crippen molar-refractivity contribution >= 4 is 34.8 Å². The number of hydrogen-bond acceptors (Lipinski definition) is 7. The molecule has 2 amide bonds. The first-order valence-corrected chi connectivity index (χ1v) is 10.5. The Kier molecular flexibility index (Phi) is 6.26. The minimum absolute atomic E-state index is 0.109. The predicted molar refractivity (Wildman–Crippen MR) is 116 cm³/mol. The lowest BCUT2D eigenvalue weighted by Crippen LogP contribution is -2.45. The standard InChI is InChI=1S/C21H26FN7O2/c22-15-12-24-7-6-16(15)27-17-9-19(26-11-14(17)21(23)31)28-18-5-4-13(10-25-18)29-8-2-1-3-20(29)30/h4-5,9-11,15-16,24H,1-3,6-8,12H2,(H2,23,31)(H2,25,26,27,28)/t15-,16+/m1/s1. The summed E-state index contributed by atoms with van der Waals surface area (Å²) in [4.78, 5) is 34.2. The predicted octanol–water partition coefficient (Wildman–Crippen LogP) is 1.95. The van der Waals surface area contributed by atoms with Gasteiger partial charge in [-0.05, 0) is 37.9 Å². The molecular formula is C21H26FN7O2. The van der Waals surface area contributed by atoms with E-state index in [1.807, 2.05) is 6.07 Å². The van der Waals surface area contributed by atoms with E-state index in [4.69, 9.17) is 5.73 Å². The van der Waals surface area contributed by atoms with Gasteiger partial charge in [-0.15, -0.1) is 0 Å². The number of nitrogens with two attached hydrogens (primary N) is 1. The van der Waals surface area contributed by atoms with Crippen LogP contribution in [0.3, 0.4) is 0 Å². The summed E-state index contributed by atoms with van der Waals surface area (Å²) in [6.07, 6.45) is 4.98. The van der Waals surface area contributed by atoms with E-state index >= 15 is 0 Å². The maximum absolute atomic E-state index is 14.2. The van der Waals surface area contributed by atoms with Gasteiger partial charge in [0.2, 0.25) is 5.91 Å². The quantitative estimate of drug-likeness (QED) is 0.555. The molecule has 0 bridgehead atoms. The summed E-state index contributed by atoms with van der Waals surface area (Å²) < 4.78 is 14.2. The monoisotopic (exact) mass is 427 g/mol. The molecule has 0 saturated carbocycles. The van der Waals surface area contributed by atoms with E-state index in [-0.39, 0.29) is 18.0 Å². The zero-order chi connectivity index (χ0) is 21.8. The van der Waals surface area contributed by atoms with E-state index in [2.05, 4.69) is 25.9 Å². The molecule has 0 aromatic carbocycles. The van der Waals surface area contributed by atoms with Gasteiger partial charge in [-0.25, -0.2) is 14.4 Å². The number of nitrogens with one attached hydrogen (secondary N) is 3. The fourth-order valence-corrected chi connectivity index (χ4v) is 3.85. The van der Waals surface area contributed by atoms with Crippen molar-refractivity contribution in [3.8, 4) is 0 Å². The van der Waals surface area contributed by atoms with Crippen molar-refractivity contribution in [1.29, 1.82) is 0 Å². The highest BCUT2D eigenvalue weighted by Gasteiger charge is 2.26. The van der Waals surface area contributed by atoms with Crippen LogP contribution >= 0.6 is 0 Å². The van der Waals surface area contributed by atoms with Crippen LogP contribution in [0.25, 0.3) is 0 Å². The van der Waals surface area contributed by atoms with Crippen LogP contribution in [0.4, 0.5) is 27.4 Å². The lowest BCUT2D eigenvalue weighted by Gasteiger charge is -2.29. The van der Waals surface area contributed by atoms with Gasteiger partial charge in [0.1, 0.15) is 17.8 Å². The molecule has 4 heterocycles. The zero-order valence-electron chi connectivity index (χ0n) is 17.1. The highest BCUT2D eigenvalue weighted by molar-refractivity contribution is 5.98. The Hall–Kier alpha value is -3.27. The van der Waals surface area contributed by atoms with Crippen LogP contribution in [0, 0.1) is 0 Å². The summed E-state index contributed by atoms with van der Waals surface area (Å²) in [7, 11) is 0. The van der Waals surface area contributed by atoms with Gasteiger partial charge < -0.3 is 26.6 Å². The lowest BCUT2D eigenvalue weighted by atomic mass is 10.0. The highest BCUT2D eigenvalue weighted by Crippen LogP contribution is 2.25. The molecule has 2 aliphatic heterocycles. The maximum Gasteiger partial charge on any atom is 0.252 e. The maximum atomic E-state index is 14.2. The molecule has 31 heavy (non-hydrogen) atoms. The van der Waals surface area contributed by atoms with E-state index in [1.54, 1.807) is 23.2 Å². The van der Waals surface area contributed by atoms with Gasteiger partial charge in [0.05, 0.1) is 29.2 Å². The van der Waals surface area contributed by atoms with E-state index in [0.29, 0.717) is 43.3 Å². The van der Waals surface area contributed by atoms with Crippen molar-refractivity contribution in [3.63, 3.8) is 0 Å². The van der Waals surface area contributed by atoms with Gasteiger partial charge in [0.15, 0.2) is 0 Å². The van der Waals surface area contributed by atoms with Crippen molar-refractivity contribution in [2.24, 2.45) is 5.73 Å². The third-order valence-corrected chi connectivity index (χ3v) is 5.56. The van der Waals surface area contributed by atoms with Gasteiger partial charge in [-0.2, -0.15) is 0 Å². The number of amides is 2. The number of rotatable bonds is 6. The number of halogens is 1. The van der Waals surface area contributed by atoms with Crippen LogP contribution < -0.4 is 26.6 Å². The molecule has 9 nitrogen and oxygen atoms in total. The third kappa shape index (κ3) is 4.91. The first-order valence-electron chi connectivity index (χ1n) is 10.5. The molecule has 164 valence electrons. The normalized spacial score (nSPS) is 21.6. The van der Waals surface area contributed by atoms with E-state index in [1.165, 1.54) is 6.20 Å². The number of alkyl halides is 1. The number of primary amides is 1. The topological polar surface area (TPSA) is 125 Å². The molecule has 0 aliphatic carbocycles. The lowest BCUT2D eigenvalue weighted by molar-refractivity contribution is -0.119. The molecule has 2 aromatic rings. The molecular weight excluding hydrogens is 401 g/mol. The molecule has 5 N–H and O–H groups in total. The van der Waals surface area contributed by atoms with Gasteiger partial charge in [0.25, 0.3) is 5.91 Å². The molecule has 0 spiro atoms. The minimum atomic E-state index is -1.08. The second-order valence-corrected chi connectivity index (χ2v) is 7.77. The van der Waals surface area contributed by atoms with Gasteiger partial charge in [-0.3, -0.25) is 9.59 Å². The molecule has 2 aliphatic rings. The Labute approximate surface area is 179 Å². The van der Waals surface area contributed by atoms with E-state index in [9.17, 15) is 14.0 Å². The molecule has 2 atom stereocenters. The molecule has 0 unspecified atom stereocenters. The van der Waals surface area contributed by atoms with Gasteiger partial charge >= 0.3 is 0 Å². The number of pyridine rings is 2. The summed E-state index contributed by atoms with van der Waals surface area (Å²) in [6, 6.07) is 4.80. The number of nitrogens with zero attached hydrogens (tertiary/aromatic N) is 3. The largest absolute Gasteiger partial charge is 0.378 e. The Balaban J connectivity index is 1.50. The smallest absolute Gasteiger partial charge is 0.252 e. The van der Waals surface area contributed by atoms with Crippen molar-refractivity contribution < 1.29 is 14.0 Å². The molecule has 4 rings (SSSR count). The van der Waals surface area contributed by atoms with E-state index in [0.717, 1.165) is 18.5 Å². The van der Waals surface area contributed by atoms with Crippen LogP contribution in [0.15, 0.2) is 30.6 Å². The van der Waals surface area contributed by atoms with Crippen LogP contribution in [-0.4, -0.2) is 53.6 Å². The first kappa shape index (κ1) is 21.0. The molecule has 2 aromatic heterocycles. The summed E-state index contributed by atoms with van der Waals surface area (Å²) >= 11 is 0. The van der Waals surface area contributed by atoms with E-state index < -0.39 is 18.1 Å². The van der Waals surface area contributed by atoms with Gasteiger partial charge in [0, 0.05) is 31.8 Å². The fourth-order valence-electron chi connectivity index (χ4n) is 3.85. The first-order chi connectivity index (χ1) is 15.0. The summed E-state index contributed by atoms with van der Waals surface area (Å²) in [5.74, 6) is 0.437. The second kappa shape index (κ2) is 9.25. The van der Waals surface area contributed by atoms with Crippen LogP contribution in [0.2, 0.25) is 0 Å². The molecule has 0 radical (unpaired) electrons. The zero-order valence-corrected chi connectivity index (χ0v) is 17.1. The van der Waals surface area contributed by atoms with Crippen molar-refractivity contribution in [1.82, 2.24) is 15.3 Å². The Morgan fingerprint density at radius 2 is 2.06 bits per heavy atom. The van der Waals surface area contributed by atoms with Crippen LogP contribution in [0.1, 0.15) is 36.0 Å².